The average molecular weight is 343 g/mol. The first-order valence-corrected chi connectivity index (χ1v) is 8.25. The molecule has 8 nitrogen and oxygen atoms in total. The second kappa shape index (κ2) is 6.92. The van der Waals surface area contributed by atoms with Gasteiger partial charge in [-0.25, -0.2) is 4.79 Å². The summed E-state index contributed by atoms with van der Waals surface area (Å²) in [4.78, 5) is 25.9. The van der Waals surface area contributed by atoms with Crippen molar-refractivity contribution in [1.29, 1.82) is 0 Å². The van der Waals surface area contributed by atoms with Crippen LogP contribution in [-0.4, -0.2) is 35.2 Å². The van der Waals surface area contributed by atoms with Crippen molar-refractivity contribution in [3.63, 3.8) is 0 Å². The molecule has 25 heavy (non-hydrogen) atoms. The third-order valence-corrected chi connectivity index (χ3v) is 3.94. The number of nitrogens with zero attached hydrogens (tertiary/aromatic N) is 3. The molecule has 0 bridgehead atoms. The van der Waals surface area contributed by atoms with Gasteiger partial charge in [-0.05, 0) is 25.1 Å². The van der Waals surface area contributed by atoms with Crippen LogP contribution in [0.5, 0.6) is 0 Å². The van der Waals surface area contributed by atoms with E-state index in [1.807, 2.05) is 13.8 Å². The van der Waals surface area contributed by atoms with Crippen molar-refractivity contribution < 1.29 is 14.0 Å². The lowest BCUT2D eigenvalue weighted by Gasteiger charge is -2.16. The van der Waals surface area contributed by atoms with Crippen LogP contribution < -0.4 is 15.5 Å². The molecule has 1 unspecified atom stereocenters. The molecule has 3 rings (SSSR count). The maximum absolute atomic E-state index is 12.5. The van der Waals surface area contributed by atoms with Gasteiger partial charge in [0, 0.05) is 30.3 Å². The van der Waals surface area contributed by atoms with Gasteiger partial charge in [-0.3, -0.25) is 9.69 Å². The van der Waals surface area contributed by atoms with E-state index in [9.17, 15) is 9.59 Å². The summed E-state index contributed by atoms with van der Waals surface area (Å²) >= 11 is 0. The standard InChI is InChI=1S/C17H21N5O3/c1-10(2)15-20-21-16(25-15)11(3)19-14(23)12-5-4-6-13(9-12)22-8-7-18-17(22)24/h4-6,9-11H,7-8H2,1-3H3,(H,18,24)(H,19,23). The number of anilines is 1. The minimum Gasteiger partial charge on any atom is -0.423 e. The zero-order chi connectivity index (χ0) is 18.0. The van der Waals surface area contributed by atoms with E-state index < -0.39 is 6.04 Å². The van der Waals surface area contributed by atoms with Gasteiger partial charge in [-0.15, -0.1) is 10.2 Å². The summed E-state index contributed by atoms with van der Waals surface area (Å²) in [7, 11) is 0. The molecule has 3 amide bonds. The van der Waals surface area contributed by atoms with Crippen LogP contribution in [0.15, 0.2) is 28.7 Å². The highest BCUT2D eigenvalue weighted by molar-refractivity contribution is 5.98. The highest BCUT2D eigenvalue weighted by Gasteiger charge is 2.23. The van der Waals surface area contributed by atoms with Crippen LogP contribution in [0.1, 0.15) is 54.9 Å². The van der Waals surface area contributed by atoms with Crippen molar-refractivity contribution >= 4 is 17.6 Å². The molecule has 2 aromatic rings. The van der Waals surface area contributed by atoms with Crippen LogP contribution in [0.4, 0.5) is 10.5 Å². The summed E-state index contributed by atoms with van der Waals surface area (Å²) in [6.45, 7) is 6.89. The molecule has 0 spiro atoms. The van der Waals surface area contributed by atoms with Gasteiger partial charge < -0.3 is 15.1 Å². The molecule has 1 aliphatic rings. The van der Waals surface area contributed by atoms with E-state index in [0.717, 1.165) is 0 Å². The van der Waals surface area contributed by atoms with Gasteiger partial charge in [0.25, 0.3) is 5.91 Å². The van der Waals surface area contributed by atoms with Gasteiger partial charge in [0.15, 0.2) is 0 Å². The summed E-state index contributed by atoms with van der Waals surface area (Å²) in [5.41, 5.74) is 1.16. The second-order valence-corrected chi connectivity index (χ2v) is 6.26. The zero-order valence-electron chi connectivity index (χ0n) is 14.4. The molecular weight excluding hydrogens is 322 g/mol. The Labute approximate surface area is 145 Å². The number of nitrogens with one attached hydrogen (secondary N) is 2. The molecule has 8 heteroatoms. The lowest BCUT2D eigenvalue weighted by atomic mass is 10.1. The molecule has 1 aromatic carbocycles. The van der Waals surface area contributed by atoms with E-state index >= 15 is 0 Å². The lowest BCUT2D eigenvalue weighted by Crippen LogP contribution is -2.29. The monoisotopic (exact) mass is 343 g/mol. The Morgan fingerprint density at radius 3 is 2.68 bits per heavy atom. The van der Waals surface area contributed by atoms with Crippen molar-refractivity contribution in [2.45, 2.75) is 32.7 Å². The molecule has 1 aliphatic heterocycles. The number of aromatic nitrogens is 2. The predicted molar refractivity (Wildman–Crippen MR) is 91.5 cm³/mol. The van der Waals surface area contributed by atoms with Crippen LogP contribution in [0.2, 0.25) is 0 Å². The molecule has 0 saturated carbocycles. The van der Waals surface area contributed by atoms with Crippen molar-refractivity contribution in [1.82, 2.24) is 20.8 Å². The highest BCUT2D eigenvalue weighted by Crippen LogP contribution is 2.20. The fourth-order valence-corrected chi connectivity index (χ4v) is 2.53. The zero-order valence-corrected chi connectivity index (χ0v) is 14.4. The second-order valence-electron chi connectivity index (χ2n) is 6.26. The molecule has 1 fully saturated rings. The van der Waals surface area contributed by atoms with E-state index in [0.29, 0.717) is 36.1 Å². The molecule has 1 aromatic heterocycles. The third-order valence-electron chi connectivity index (χ3n) is 3.94. The minimum absolute atomic E-state index is 0.132. The van der Waals surface area contributed by atoms with E-state index in [-0.39, 0.29) is 17.9 Å². The SMILES string of the molecule is CC(C)c1nnc(C(C)NC(=O)c2cccc(N3CCNC3=O)c2)o1. The molecule has 0 aliphatic carbocycles. The number of amides is 3. The summed E-state index contributed by atoms with van der Waals surface area (Å²) in [6, 6.07) is 6.39. The Morgan fingerprint density at radius 1 is 1.28 bits per heavy atom. The molecule has 2 heterocycles. The van der Waals surface area contributed by atoms with Crippen LogP contribution in [0, 0.1) is 0 Å². The average Bonchev–Trinajstić information content (AvgIpc) is 3.24. The Morgan fingerprint density at radius 2 is 2.04 bits per heavy atom. The Kier molecular flexibility index (Phi) is 4.69. The number of urea groups is 1. The molecule has 1 saturated heterocycles. The first-order chi connectivity index (χ1) is 12.0. The fraction of sp³-hybridized carbons (Fsp3) is 0.412. The summed E-state index contributed by atoms with van der Waals surface area (Å²) in [5, 5.41) is 13.5. The van der Waals surface area contributed by atoms with Crippen LogP contribution >= 0.6 is 0 Å². The summed E-state index contributed by atoms with van der Waals surface area (Å²) < 4.78 is 5.56. The number of hydrogen-bond donors (Lipinski definition) is 2. The van der Waals surface area contributed by atoms with Crippen molar-refractivity contribution in [2.24, 2.45) is 0 Å². The van der Waals surface area contributed by atoms with Gasteiger partial charge in [0.1, 0.15) is 6.04 Å². The first kappa shape index (κ1) is 16.9. The number of hydrogen-bond acceptors (Lipinski definition) is 5. The number of benzene rings is 1. The lowest BCUT2D eigenvalue weighted by molar-refractivity contribution is 0.0933. The molecule has 132 valence electrons. The van der Waals surface area contributed by atoms with Gasteiger partial charge in [0.05, 0.1) is 0 Å². The Bertz CT molecular complexity index is 786. The minimum atomic E-state index is -0.411. The number of carbonyl (C=O) groups excluding carboxylic acids is 2. The van der Waals surface area contributed by atoms with Crippen LogP contribution in [-0.2, 0) is 0 Å². The normalized spacial score (nSPS) is 15.4. The van der Waals surface area contributed by atoms with E-state index in [1.54, 1.807) is 36.1 Å². The number of carbonyl (C=O) groups is 2. The van der Waals surface area contributed by atoms with Gasteiger partial charge in [-0.2, -0.15) is 0 Å². The van der Waals surface area contributed by atoms with E-state index in [2.05, 4.69) is 20.8 Å². The quantitative estimate of drug-likeness (QED) is 0.867. The van der Waals surface area contributed by atoms with Gasteiger partial charge in [-0.1, -0.05) is 19.9 Å². The Hall–Kier alpha value is -2.90. The highest BCUT2D eigenvalue weighted by atomic mass is 16.4. The summed E-state index contributed by atoms with van der Waals surface area (Å²) in [5.74, 6) is 0.774. The predicted octanol–water partition coefficient (Wildman–Crippen LogP) is 2.21. The molecular formula is C17H21N5O3. The largest absolute Gasteiger partial charge is 0.423 e. The van der Waals surface area contributed by atoms with Crippen molar-refractivity contribution in [2.75, 3.05) is 18.0 Å². The first-order valence-electron chi connectivity index (χ1n) is 8.25. The maximum atomic E-state index is 12.5. The van der Waals surface area contributed by atoms with Crippen LogP contribution in [0.25, 0.3) is 0 Å². The molecule has 2 N–H and O–H groups in total. The molecule has 0 radical (unpaired) electrons. The van der Waals surface area contributed by atoms with Crippen LogP contribution in [0.3, 0.4) is 0 Å². The van der Waals surface area contributed by atoms with Gasteiger partial charge >= 0.3 is 6.03 Å². The van der Waals surface area contributed by atoms with E-state index in [4.69, 9.17) is 4.42 Å². The van der Waals surface area contributed by atoms with Gasteiger partial charge in [0.2, 0.25) is 11.8 Å². The fourth-order valence-electron chi connectivity index (χ4n) is 2.53. The Balaban J connectivity index is 1.71. The topological polar surface area (TPSA) is 100 Å². The maximum Gasteiger partial charge on any atom is 0.321 e. The summed E-state index contributed by atoms with van der Waals surface area (Å²) in [6.07, 6.45) is 0. The van der Waals surface area contributed by atoms with E-state index in [1.165, 1.54) is 0 Å². The molecule has 1 atom stereocenters. The third kappa shape index (κ3) is 3.62. The smallest absolute Gasteiger partial charge is 0.321 e. The van der Waals surface area contributed by atoms with Crippen molar-refractivity contribution in [3.8, 4) is 0 Å². The van der Waals surface area contributed by atoms with Crippen molar-refractivity contribution in [3.05, 3.63) is 41.6 Å². The number of rotatable bonds is 5.